The average molecular weight is 328 g/mol. The van der Waals surface area contributed by atoms with Gasteiger partial charge in [0.15, 0.2) is 0 Å². The Bertz CT molecular complexity index is 677. The highest BCUT2D eigenvalue weighted by Crippen LogP contribution is 2.22. The van der Waals surface area contributed by atoms with E-state index in [-0.39, 0.29) is 11.3 Å². The molecule has 3 nitrogen and oxygen atoms in total. The molecule has 0 heterocycles. The van der Waals surface area contributed by atoms with Crippen molar-refractivity contribution < 1.29 is 14.3 Å². The monoisotopic (exact) mass is 327 g/mol. The Morgan fingerprint density at radius 1 is 1.24 bits per heavy atom. The molecular formula is C15H12Cl2FNO2. The summed E-state index contributed by atoms with van der Waals surface area (Å²) in [6, 6.07) is 9.27. The van der Waals surface area contributed by atoms with Gasteiger partial charge < -0.3 is 10.4 Å². The van der Waals surface area contributed by atoms with Crippen molar-refractivity contribution in [1.29, 1.82) is 0 Å². The van der Waals surface area contributed by atoms with Gasteiger partial charge in [0.2, 0.25) is 0 Å². The number of benzene rings is 2. The van der Waals surface area contributed by atoms with Gasteiger partial charge >= 0.3 is 5.97 Å². The zero-order valence-corrected chi connectivity index (χ0v) is 12.4. The summed E-state index contributed by atoms with van der Waals surface area (Å²) in [7, 11) is 0. The summed E-state index contributed by atoms with van der Waals surface area (Å²) in [4.78, 5) is 11.1. The van der Waals surface area contributed by atoms with Crippen LogP contribution in [-0.4, -0.2) is 17.6 Å². The van der Waals surface area contributed by atoms with E-state index in [0.717, 1.165) is 11.6 Å². The van der Waals surface area contributed by atoms with Gasteiger partial charge in [-0.1, -0.05) is 35.3 Å². The molecule has 0 saturated carbocycles. The van der Waals surface area contributed by atoms with Gasteiger partial charge in [-0.2, -0.15) is 0 Å². The zero-order valence-electron chi connectivity index (χ0n) is 10.9. The fraction of sp³-hybridized carbons (Fsp3) is 0.133. The number of anilines is 1. The second kappa shape index (κ2) is 6.78. The fourth-order valence-electron chi connectivity index (χ4n) is 1.95. The Kier molecular flexibility index (Phi) is 5.04. The summed E-state index contributed by atoms with van der Waals surface area (Å²) in [5, 5.41) is 13.0. The standard InChI is InChI=1S/C15H12Cl2FNO2/c16-10-5-4-9(11(17)8-10)6-7-19-13-3-1-2-12(18)14(13)15(20)21/h1-5,8,19H,6-7H2,(H,20,21). The highest BCUT2D eigenvalue weighted by molar-refractivity contribution is 6.35. The van der Waals surface area contributed by atoms with Crippen LogP contribution >= 0.6 is 23.2 Å². The number of nitrogens with one attached hydrogen (secondary N) is 1. The number of carbonyl (C=O) groups is 1. The molecular weight excluding hydrogens is 316 g/mol. The Hall–Kier alpha value is -1.78. The third kappa shape index (κ3) is 3.86. The maximum Gasteiger partial charge on any atom is 0.340 e. The Labute approximate surface area is 131 Å². The second-order valence-corrected chi connectivity index (χ2v) is 5.22. The number of rotatable bonds is 5. The molecule has 0 saturated heterocycles. The first-order chi connectivity index (χ1) is 9.99. The average Bonchev–Trinajstić information content (AvgIpc) is 2.41. The summed E-state index contributed by atoms with van der Waals surface area (Å²) in [6.07, 6.45) is 0.561. The largest absolute Gasteiger partial charge is 0.478 e. The molecule has 2 N–H and O–H groups in total. The van der Waals surface area contributed by atoms with Crippen LogP contribution in [0, 0.1) is 5.82 Å². The normalized spacial score (nSPS) is 10.4. The van der Waals surface area contributed by atoms with E-state index in [0.29, 0.717) is 23.0 Å². The molecule has 0 unspecified atom stereocenters. The highest BCUT2D eigenvalue weighted by atomic mass is 35.5. The molecule has 0 radical (unpaired) electrons. The summed E-state index contributed by atoms with van der Waals surface area (Å²) >= 11 is 11.9. The minimum absolute atomic E-state index is 0.243. The van der Waals surface area contributed by atoms with Crippen molar-refractivity contribution in [1.82, 2.24) is 0 Å². The van der Waals surface area contributed by atoms with Crippen molar-refractivity contribution in [3.63, 3.8) is 0 Å². The Morgan fingerprint density at radius 2 is 2.00 bits per heavy atom. The van der Waals surface area contributed by atoms with Crippen molar-refractivity contribution in [2.24, 2.45) is 0 Å². The molecule has 2 aromatic rings. The number of carboxylic acid groups (broad SMARTS) is 1. The number of carboxylic acids is 1. The first-order valence-corrected chi connectivity index (χ1v) is 6.94. The van der Waals surface area contributed by atoms with Crippen molar-refractivity contribution in [3.05, 3.63) is 63.4 Å². The van der Waals surface area contributed by atoms with E-state index in [1.54, 1.807) is 18.2 Å². The number of halogens is 3. The highest BCUT2D eigenvalue weighted by Gasteiger charge is 2.15. The van der Waals surface area contributed by atoms with Crippen LogP contribution in [0.25, 0.3) is 0 Å². The van der Waals surface area contributed by atoms with Crippen LogP contribution in [0.2, 0.25) is 10.0 Å². The van der Waals surface area contributed by atoms with Crippen molar-refractivity contribution >= 4 is 34.9 Å². The first-order valence-electron chi connectivity index (χ1n) is 6.18. The number of aromatic carboxylic acids is 1. The quantitative estimate of drug-likeness (QED) is 0.850. The molecule has 0 spiro atoms. The van der Waals surface area contributed by atoms with E-state index in [1.165, 1.54) is 12.1 Å². The third-order valence-corrected chi connectivity index (χ3v) is 3.54. The lowest BCUT2D eigenvalue weighted by molar-refractivity contribution is 0.0693. The summed E-state index contributed by atoms with van der Waals surface area (Å²) < 4.78 is 13.5. The molecule has 0 atom stereocenters. The van der Waals surface area contributed by atoms with E-state index in [2.05, 4.69) is 5.32 Å². The summed E-state index contributed by atoms with van der Waals surface area (Å²) in [6.45, 7) is 0.422. The van der Waals surface area contributed by atoms with Crippen molar-refractivity contribution in [2.75, 3.05) is 11.9 Å². The fourth-order valence-corrected chi connectivity index (χ4v) is 2.45. The van der Waals surface area contributed by atoms with Gasteiger partial charge in [-0.05, 0) is 36.2 Å². The van der Waals surface area contributed by atoms with E-state index in [4.69, 9.17) is 28.3 Å². The lowest BCUT2D eigenvalue weighted by Crippen LogP contribution is -2.11. The molecule has 110 valence electrons. The second-order valence-electron chi connectivity index (χ2n) is 4.38. The third-order valence-electron chi connectivity index (χ3n) is 2.95. The Balaban J connectivity index is 2.07. The van der Waals surface area contributed by atoms with Crippen LogP contribution in [0.1, 0.15) is 15.9 Å². The molecule has 0 aliphatic heterocycles. The van der Waals surface area contributed by atoms with E-state index in [1.807, 2.05) is 0 Å². The molecule has 0 aromatic heterocycles. The van der Waals surface area contributed by atoms with Gasteiger partial charge in [0.05, 0.1) is 5.69 Å². The van der Waals surface area contributed by atoms with Crippen LogP contribution < -0.4 is 5.32 Å². The molecule has 21 heavy (non-hydrogen) atoms. The molecule has 0 aliphatic carbocycles. The van der Waals surface area contributed by atoms with Crippen molar-refractivity contribution in [3.8, 4) is 0 Å². The van der Waals surface area contributed by atoms with Crippen LogP contribution in [0.3, 0.4) is 0 Å². The van der Waals surface area contributed by atoms with Gasteiger partial charge in [0.25, 0.3) is 0 Å². The van der Waals surface area contributed by atoms with Crippen LogP contribution in [0.4, 0.5) is 10.1 Å². The van der Waals surface area contributed by atoms with Crippen LogP contribution in [0.15, 0.2) is 36.4 Å². The van der Waals surface area contributed by atoms with Gasteiger partial charge in [0, 0.05) is 16.6 Å². The lowest BCUT2D eigenvalue weighted by atomic mass is 10.1. The van der Waals surface area contributed by atoms with E-state index in [9.17, 15) is 9.18 Å². The molecule has 0 aliphatic rings. The van der Waals surface area contributed by atoms with Crippen LogP contribution in [-0.2, 0) is 6.42 Å². The maximum absolute atomic E-state index is 13.5. The molecule has 0 bridgehead atoms. The lowest BCUT2D eigenvalue weighted by Gasteiger charge is -2.11. The molecule has 2 rings (SSSR count). The van der Waals surface area contributed by atoms with Crippen LogP contribution in [0.5, 0.6) is 0 Å². The predicted molar refractivity (Wildman–Crippen MR) is 82.0 cm³/mol. The molecule has 2 aromatic carbocycles. The minimum Gasteiger partial charge on any atom is -0.478 e. The Morgan fingerprint density at radius 3 is 2.67 bits per heavy atom. The van der Waals surface area contributed by atoms with Crippen molar-refractivity contribution in [2.45, 2.75) is 6.42 Å². The predicted octanol–water partition coefficient (Wildman–Crippen LogP) is 4.49. The summed E-state index contributed by atoms with van der Waals surface area (Å²) in [5.74, 6) is -2.07. The van der Waals surface area contributed by atoms with Gasteiger partial charge in [-0.3, -0.25) is 0 Å². The smallest absolute Gasteiger partial charge is 0.340 e. The molecule has 0 fully saturated rings. The number of hydrogen-bond donors (Lipinski definition) is 2. The molecule has 0 amide bonds. The number of hydrogen-bond acceptors (Lipinski definition) is 2. The molecule has 6 heteroatoms. The maximum atomic E-state index is 13.5. The van der Waals surface area contributed by atoms with E-state index < -0.39 is 11.8 Å². The topological polar surface area (TPSA) is 49.3 Å². The van der Waals surface area contributed by atoms with E-state index >= 15 is 0 Å². The van der Waals surface area contributed by atoms with Gasteiger partial charge in [0.1, 0.15) is 11.4 Å². The zero-order chi connectivity index (χ0) is 15.4. The van der Waals surface area contributed by atoms with Gasteiger partial charge in [-0.25, -0.2) is 9.18 Å². The van der Waals surface area contributed by atoms with Gasteiger partial charge in [-0.15, -0.1) is 0 Å². The first kappa shape index (κ1) is 15.6. The minimum atomic E-state index is -1.31. The summed E-state index contributed by atoms with van der Waals surface area (Å²) in [5.41, 5.74) is 0.758. The SMILES string of the molecule is O=C(O)c1c(F)cccc1NCCc1ccc(Cl)cc1Cl.